The number of aromatic carboxylic acids is 1. The molecule has 1 aliphatic heterocycles. The quantitative estimate of drug-likeness (QED) is 0.501. The molecule has 9 nitrogen and oxygen atoms in total. The second kappa shape index (κ2) is 9.67. The molecule has 4 rings (SSSR count). The van der Waals surface area contributed by atoms with Gasteiger partial charge >= 0.3 is 5.97 Å². The molecule has 31 heavy (non-hydrogen) atoms. The molecule has 0 spiro atoms. The van der Waals surface area contributed by atoms with Gasteiger partial charge in [-0.3, -0.25) is 4.90 Å². The van der Waals surface area contributed by atoms with Crippen molar-refractivity contribution >= 4 is 11.8 Å². The molecule has 3 aromatic rings. The predicted octanol–water partition coefficient (Wildman–Crippen LogP) is 3.23. The summed E-state index contributed by atoms with van der Waals surface area (Å²) < 4.78 is 10.6. The van der Waals surface area contributed by atoms with E-state index in [0.29, 0.717) is 31.4 Å². The highest BCUT2D eigenvalue weighted by Gasteiger charge is 2.30. The van der Waals surface area contributed by atoms with E-state index in [1.165, 1.54) is 0 Å². The van der Waals surface area contributed by atoms with E-state index in [2.05, 4.69) is 25.3 Å². The van der Waals surface area contributed by atoms with Crippen LogP contribution in [-0.4, -0.2) is 57.9 Å². The molecule has 0 bridgehead atoms. The fourth-order valence-electron chi connectivity index (χ4n) is 3.68. The molecule has 1 aliphatic rings. The summed E-state index contributed by atoms with van der Waals surface area (Å²) in [7, 11) is 1.66. The van der Waals surface area contributed by atoms with Gasteiger partial charge in [-0.15, -0.1) is 0 Å². The van der Waals surface area contributed by atoms with E-state index >= 15 is 0 Å². The lowest BCUT2D eigenvalue weighted by molar-refractivity contribution is 0.0697. The molecule has 2 N–H and O–H groups in total. The zero-order valence-corrected chi connectivity index (χ0v) is 17.3. The first-order chi connectivity index (χ1) is 15.1. The Balaban J connectivity index is 1.42. The van der Waals surface area contributed by atoms with E-state index < -0.39 is 5.97 Å². The third-order valence-corrected chi connectivity index (χ3v) is 5.31. The fourth-order valence-corrected chi connectivity index (χ4v) is 3.68. The number of likely N-dealkylation sites (tertiary alicyclic amines) is 1. The Bertz CT molecular complexity index is 1000. The molecule has 0 unspecified atom stereocenters. The lowest BCUT2D eigenvalue weighted by Gasteiger charge is -2.21. The van der Waals surface area contributed by atoms with Gasteiger partial charge < -0.3 is 19.7 Å². The van der Waals surface area contributed by atoms with Crippen LogP contribution in [0.5, 0.6) is 0 Å². The highest BCUT2D eigenvalue weighted by atomic mass is 16.5. The summed E-state index contributed by atoms with van der Waals surface area (Å²) in [5.41, 5.74) is 2.13. The Morgan fingerprint density at radius 2 is 2.13 bits per heavy atom. The second-order valence-corrected chi connectivity index (χ2v) is 7.44. The number of benzene rings is 1. The number of nitrogens with one attached hydrogen (secondary N) is 1. The van der Waals surface area contributed by atoms with E-state index in [-0.39, 0.29) is 11.6 Å². The molecule has 0 amide bonds. The van der Waals surface area contributed by atoms with Gasteiger partial charge in [0.25, 0.3) is 0 Å². The first kappa shape index (κ1) is 21.0. The Hall–Kier alpha value is -3.30. The van der Waals surface area contributed by atoms with Crippen molar-refractivity contribution in [1.82, 2.24) is 20.0 Å². The number of hydrogen-bond acceptors (Lipinski definition) is 8. The van der Waals surface area contributed by atoms with Gasteiger partial charge in [-0.25, -0.2) is 9.78 Å². The number of ether oxygens (including phenoxy) is 1. The minimum absolute atomic E-state index is 0.0448. The molecule has 0 saturated carbocycles. The first-order valence-corrected chi connectivity index (χ1v) is 10.2. The maximum absolute atomic E-state index is 11.0. The van der Waals surface area contributed by atoms with E-state index in [9.17, 15) is 4.79 Å². The van der Waals surface area contributed by atoms with Crippen LogP contribution in [0.2, 0.25) is 0 Å². The van der Waals surface area contributed by atoms with E-state index in [4.69, 9.17) is 14.4 Å². The minimum atomic E-state index is -0.919. The number of nitrogens with zero attached hydrogens (tertiary/aromatic N) is 4. The summed E-state index contributed by atoms with van der Waals surface area (Å²) in [6.45, 7) is 2.92. The Morgan fingerprint density at radius 1 is 1.29 bits per heavy atom. The van der Waals surface area contributed by atoms with Crippen LogP contribution in [0.25, 0.3) is 11.4 Å². The molecule has 2 aromatic heterocycles. The van der Waals surface area contributed by atoms with Gasteiger partial charge in [0.05, 0.1) is 18.2 Å². The Labute approximate surface area is 180 Å². The van der Waals surface area contributed by atoms with Gasteiger partial charge in [0, 0.05) is 32.0 Å². The van der Waals surface area contributed by atoms with Crippen molar-refractivity contribution in [3.63, 3.8) is 0 Å². The standard InChI is InChI=1S/C22H25N5O4/c1-30-12-10-23-19-9-8-17(13-24-19)20-25-21(31-26-20)18-3-2-11-27(18)14-15-4-6-16(7-5-15)22(28)29/h4-9,13,18H,2-3,10-12,14H2,1H3,(H,23,24)(H,28,29)/t18-/m0/s1. The van der Waals surface area contributed by atoms with Crippen LogP contribution < -0.4 is 5.32 Å². The number of carbonyl (C=O) groups is 1. The van der Waals surface area contributed by atoms with Crippen LogP contribution in [-0.2, 0) is 11.3 Å². The maximum Gasteiger partial charge on any atom is 0.335 e. The average molecular weight is 423 g/mol. The average Bonchev–Trinajstić information content (AvgIpc) is 3.44. The third kappa shape index (κ3) is 5.07. The Kier molecular flexibility index (Phi) is 6.54. The summed E-state index contributed by atoms with van der Waals surface area (Å²) in [4.78, 5) is 22.3. The van der Waals surface area contributed by atoms with Gasteiger partial charge in [0.2, 0.25) is 11.7 Å². The number of pyridine rings is 1. The lowest BCUT2D eigenvalue weighted by atomic mass is 10.1. The van der Waals surface area contributed by atoms with Gasteiger partial charge in [0.1, 0.15) is 5.82 Å². The number of aromatic nitrogens is 3. The monoisotopic (exact) mass is 423 g/mol. The van der Waals surface area contributed by atoms with Crippen molar-refractivity contribution in [3.05, 3.63) is 59.6 Å². The lowest BCUT2D eigenvalue weighted by Crippen LogP contribution is -2.23. The molecule has 0 radical (unpaired) electrons. The van der Waals surface area contributed by atoms with Crippen molar-refractivity contribution in [2.24, 2.45) is 0 Å². The van der Waals surface area contributed by atoms with Crippen molar-refractivity contribution in [3.8, 4) is 11.4 Å². The molecule has 1 atom stereocenters. The summed E-state index contributed by atoms with van der Waals surface area (Å²) in [6, 6.07) is 10.8. The van der Waals surface area contributed by atoms with Gasteiger partial charge in [-0.2, -0.15) is 4.98 Å². The van der Waals surface area contributed by atoms with Gasteiger partial charge in [-0.1, -0.05) is 17.3 Å². The normalized spacial score (nSPS) is 16.5. The van der Waals surface area contributed by atoms with Crippen LogP contribution >= 0.6 is 0 Å². The highest BCUT2D eigenvalue weighted by molar-refractivity contribution is 5.87. The molecule has 162 valence electrons. The summed E-state index contributed by atoms with van der Waals surface area (Å²) >= 11 is 0. The minimum Gasteiger partial charge on any atom is -0.478 e. The second-order valence-electron chi connectivity index (χ2n) is 7.44. The highest BCUT2D eigenvalue weighted by Crippen LogP contribution is 2.33. The van der Waals surface area contributed by atoms with Crippen LogP contribution in [0, 0.1) is 0 Å². The molecular weight excluding hydrogens is 398 g/mol. The number of anilines is 1. The topological polar surface area (TPSA) is 114 Å². The largest absolute Gasteiger partial charge is 0.478 e. The van der Waals surface area contributed by atoms with Gasteiger partial charge in [-0.05, 0) is 49.2 Å². The van der Waals surface area contributed by atoms with E-state index in [1.807, 2.05) is 24.3 Å². The zero-order chi connectivity index (χ0) is 21.6. The summed E-state index contributed by atoms with van der Waals surface area (Å²) in [5.74, 6) is 0.957. The van der Waals surface area contributed by atoms with Crippen molar-refractivity contribution < 1.29 is 19.2 Å². The molecule has 3 heterocycles. The van der Waals surface area contributed by atoms with Crippen LogP contribution in [0.3, 0.4) is 0 Å². The van der Waals surface area contributed by atoms with E-state index in [0.717, 1.165) is 36.3 Å². The van der Waals surface area contributed by atoms with Crippen molar-refractivity contribution in [2.75, 3.05) is 32.1 Å². The van der Waals surface area contributed by atoms with Gasteiger partial charge in [0.15, 0.2) is 0 Å². The zero-order valence-electron chi connectivity index (χ0n) is 17.3. The number of rotatable bonds is 9. The molecule has 1 fully saturated rings. The Morgan fingerprint density at radius 3 is 2.84 bits per heavy atom. The first-order valence-electron chi connectivity index (χ1n) is 10.2. The third-order valence-electron chi connectivity index (χ3n) is 5.31. The van der Waals surface area contributed by atoms with Crippen molar-refractivity contribution in [1.29, 1.82) is 0 Å². The maximum atomic E-state index is 11.0. The molecule has 0 aliphatic carbocycles. The fraction of sp³-hybridized carbons (Fsp3) is 0.364. The smallest absolute Gasteiger partial charge is 0.335 e. The van der Waals surface area contributed by atoms with Crippen LogP contribution in [0.1, 0.15) is 40.7 Å². The number of hydrogen-bond donors (Lipinski definition) is 2. The van der Waals surface area contributed by atoms with Crippen LogP contribution in [0.15, 0.2) is 47.1 Å². The molecule has 1 aromatic carbocycles. The number of carboxylic acid groups (broad SMARTS) is 1. The van der Waals surface area contributed by atoms with E-state index in [1.54, 1.807) is 25.4 Å². The molecule has 9 heteroatoms. The predicted molar refractivity (Wildman–Crippen MR) is 114 cm³/mol. The number of methoxy groups -OCH3 is 1. The molecular formula is C22H25N5O4. The number of carboxylic acids is 1. The molecule has 1 saturated heterocycles. The SMILES string of the molecule is COCCNc1ccc(-c2noc([C@@H]3CCCN3Cc3ccc(C(=O)O)cc3)n2)cn1. The summed E-state index contributed by atoms with van der Waals surface area (Å²) in [6.07, 6.45) is 3.70. The van der Waals surface area contributed by atoms with Crippen molar-refractivity contribution in [2.45, 2.75) is 25.4 Å². The van der Waals surface area contributed by atoms with Crippen LogP contribution in [0.4, 0.5) is 5.82 Å². The summed E-state index contributed by atoms with van der Waals surface area (Å²) in [5, 5.41) is 16.4.